The van der Waals surface area contributed by atoms with Crippen molar-refractivity contribution in [2.45, 2.75) is 13.0 Å². The Morgan fingerprint density at radius 1 is 1.53 bits per heavy atom. The molecule has 0 aliphatic carbocycles. The van der Waals surface area contributed by atoms with Crippen LogP contribution in [0, 0.1) is 6.92 Å². The molecule has 1 aliphatic rings. The highest BCUT2D eigenvalue weighted by Crippen LogP contribution is 2.13. The van der Waals surface area contributed by atoms with Crippen LogP contribution in [0.2, 0.25) is 0 Å². The predicted octanol–water partition coefficient (Wildman–Crippen LogP) is -0.585. The van der Waals surface area contributed by atoms with Gasteiger partial charge < -0.3 is 15.3 Å². The molecule has 0 aromatic carbocycles. The van der Waals surface area contributed by atoms with Crippen molar-refractivity contribution in [1.29, 1.82) is 0 Å². The molecule has 0 radical (unpaired) electrons. The average molecular weight is 263 g/mol. The second-order valence-corrected chi connectivity index (χ2v) is 4.23. The SMILES string of the molecule is Cc1ncccc1C(=O)N1CC(=O)NCC1C(=O)O. The maximum Gasteiger partial charge on any atom is 0.328 e. The Balaban J connectivity index is 2.32. The first-order valence-corrected chi connectivity index (χ1v) is 5.73. The summed E-state index contributed by atoms with van der Waals surface area (Å²) in [6.45, 7) is 1.32. The first kappa shape index (κ1) is 13.0. The third-order valence-electron chi connectivity index (χ3n) is 2.97. The molecule has 1 unspecified atom stereocenters. The molecule has 1 atom stereocenters. The summed E-state index contributed by atoms with van der Waals surface area (Å²) < 4.78 is 0. The Morgan fingerprint density at radius 2 is 2.26 bits per heavy atom. The van der Waals surface area contributed by atoms with Gasteiger partial charge in [-0.25, -0.2) is 4.79 Å². The molecular weight excluding hydrogens is 250 g/mol. The number of nitrogens with zero attached hydrogens (tertiary/aromatic N) is 2. The normalized spacial score (nSPS) is 18.9. The highest BCUT2D eigenvalue weighted by molar-refractivity contribution is 6.00. The van der Waals surface area contributed by atoms with Gasteiger partial charge >= 0.3 is 5.97 Å². The van der Waals surface area contributed by atoms with Gasteiger partial charge in [-0.05, 0) is 19.1 Å². The number of rotatable bonds is 2. The fourth-order valence-electron chi connectivity index (χ4n) is 1.94. The smallest absolute Gasteiger partial charge is 0.328 e. The Hall–Kier alpha value is -2.44. The number of nitrogens with one attached hydrogen (secondary N) is 1. The molecule has 1 aromatic heterocycles. The summed E-state index contributed by atoms with van der Waals surface area (Å²) >= 11 is 0. The molecule has 7 nitrogen and oxygen atoms in total. The maximum absolute atomic E-state index is 12.3. The summed E-state index contributed by atoms with van der Waals surface area (Å²) in [7, 11) is 0. The minimum Gasteiger partial charge on any atom is -0.480 e. The van der Waals surface area contributed by atoms with Gasteiger partial charge in [0.25, 0.3) is 5.91 Å². The van der Waals surface area contributed by atoms with Crippen LogP contribution in [-0.2, 0) is 9.59 Å². The number of piperazine rings is 1. The molecule has 0 saturated carbocycles. The minimum atomic E-state index is -1.14. The second-order valence-electron chi connectivity index (χ2n) is 4.23. The van der Waals surface area contributed by atoms with E-state index in [9.17, 15) is 14.4 Å². The lowest BCUT2D eigenvalue weighted by Crippen LogP contribution is -2.59. The van der Waals surface area contributed by atoms with Crippen molar-refractivity contribution in [2.75, 3.05) is 13.1 Å². The third kappa shape index (κ3) is 2.54. The van der Waals surface area contributed by atoms with E-state index in [2.05, 4.69) is 10.3 Å². The zero-order chi connectivity index (χ0) is 14.0. The fourth-order valence-corrected chi connectivity index (χ4v) is 1.94. The van der Waals surface area contributed by atoms with Gasteiger partial charge in [-0.2, -0.15) is 0 Å². The molecule has 2 amide bonds. The van der Waals surface area contributed by atoms with Gasteiger partial charge in [-0.3, -0.25) is 14.6 Å². The number of carboxylic acid groups (broad SMARTS) is 1. The molecule has 1 aromatic rings. The predicted molar refractivity (Wildman–Crippen MR) is 64.4 cm³/mol. The Labute approximate surface area is 109 Å². The summed E-state index contributed by atoms with van der Waals surface area (Å²) in [6, 6.07) is 2.11. The molecule has 19 heavy (non-hydrogen) atoms. The van der Waals surface area contributed by atoms with E-state index in [1.807, 2.05) is 0 Å². The van der Waals surface area contributed by atoms with Crippen LogP contribution < -0.4 is 5.32 Å². The number of carboxylic acids is 1. The van der Waals surface area contributed by atoms with E-state index in [4.69, 9.17) is 5.11 Å². The lowest BCUT2D eigenvalue weighted by Gasteiger charge is -2.32. The van der Waals surface area contributed by atoms with Crippen molar-refractivity contribution >= 4 is 17.8 Å². The summed E-state index contributed by atoms with van der Waals surface area (Å²) in [5.74, 6) is -2.00. The van der Waals surface area contributed by atoms with E-state index in [0.717, 1.165) is 4.90 Å². The van der Waals surface area contributed by atoms with E-state index in [1.165, 1.54) is 0 Å². The van der Waals surface area contributed by atoms with Crippen LogP contribution in [0.25, 0.3) is 0 Å². The number of hydrogen-bond acceptors (Lipinski definition) is 4. The lowest BCUT2D eigenvalue weighted by molar-refractivity contribution is -0.144. The van der Waals surface area contributed by atoms with E-state index in [-0.39, 0.29) is 19.0 Å². The van der Waals surface area contributed by atoms with Gasteiger partial charge in [0.05, 0.1) is 5.56 Å². The van der Waals surface area contributed by atoms with Crippen molar-refractivity contribution in [1.82, 2.24) is 15.2 Å². The molecule has 100 valence electrons. The molecule has 7 heteroatoms. The first-order chi connectivity index (χ1) is 9.00. The van der Waals surface area contributed by atoms with Gasteiger partial charge in [0, 0.05) is 18.4 Å². The number of carbonyl (C=O) groups is 3. The van der Waals surface area contributed by atoms with Crippen molar-refractivity contribution in [2.24, 2.45) is 0 Å². The lowest BCUT2D eigenvalue weighted by atomic mass is 10.1. The van der Waals surface area contributed by atoms with Gasteiger partial charge in [0.1, 0.15) is 12.6 Å². The van der Waals surface area contributed by atoms with Crippen LogP contribution in [0.3, 0.4) is 0 Å². The van der Waals surface area contributed by atoms with E-state index >= 15 is 0 Å². The Kier molecular flexibility index (Phi) is 3.46. The van der Waals surface area contributed by atoms with E-state index in [0.29, 0.717) is 11.3 Å². The Morgan fingerprint density at radius 3 is 2.89 bits per heavy atom. The van der Waals surface area contributed by atoms with Gasteiger partial charge in [0.15, 0.2) is 0 Å². The molecule has 2 N–H and O–H groups in total. The van der Waals surface area contributed by atoms with E-state index < -0.39 is 17.9 Å². The molecule has 1 saturated heterocycles. The van der Waals surface area contributed by atoms with Crippen LogP contribution in [0.5, 0.6) is 0 Å². The van der Waals surface area contributed by atoms with Crippen molar-refractivity contribution < 1.29 is 19.5 Å². The molecule has 0 bridgehead atoms. The third-order valence-corrected chi connectivity index (χ3v) is 2.97. The largest absolute Gasteiger partial charge is 0.480 e. The maximum atomic E-state index is 12.3. The first-order valence-electron chi connectivity index (χ1n) is 5.73. The molecule has 2 rings (SSSR count). The van der Waals surface area contributed by atoms with Gasteiger partial charge in [-0.15, -0.1) is 0 Å². The summed E-state index contributed by atoms with van der Waals surface area (Å²) in [5, 5.41) is 11.5. The van der Waals surface area contributed by atoms with Crippen LogP contribution in [-0.4, -0.2) is 51.9 Å². The number of carbonyl (C=O) groups excluding carboxylic acids is 2. The van der Waals surface area contributed by atoms with Crippen molar-refractivity contribution in [3.8, 4) is 0 Å². The second kappa shape index (κ2) is 5.05. The average Bonchev–Trinajstić information content (AvgIpc) is 2.38. The minimum absolute atomic E-state index is 0.0841. The topological polar surface area (TPSA) is 99.6 Å². The highest BCUT2D eigenvalue weighted by atomic mass is 16.4. The molecular formula is C12H13N3O4. The number of hydrogen-bond donors (Lipinski definition) is 2. The summed E-state index contributed by atoms with van der Waals surface area (Å²) in [6.07, 6.45) is 1.55. The highest BCUT2D eigenvalue weighted by Gasteiger charge is 2.36. The van der Waals surface area contributed by atoms with Crippen molar-refractivity contribution in [3.05, 3.63) is 29.6 Å². The monoisotopic (exact) mass is 263 g/mol. The van der Waals surface area contributed by atoms with Crippen molar-refractivity contribution in [3.63, 3.8) is 0 Å². The summed E-state index contributed by atoms with van der Waals surface area (Å²) in [5.41, 5.74) is 0.811. The van der Waals surface area contributed by atoms with Crippen LogP contribution in [0.15, 0.2) is 18.3 Å². The van der Waals surface area contributed by atoms with Crippen LogP contribution in [0.4, 0.5) is 0 Å². The number of amides is 2. The quantitative estimate of drug-likeness (QED) is 0.743. The molecule has 2 heterocycles. The van der Waals surface area contributed by atoms with Gasteiger partial charge in [0.2, 0.25) is 5.91 Å². The number of aromatic nitrogens is 1. The van der Waals surface area contributed by atoms with Crippen LogP contribution in [0.1, 0.15) is 16.1 Å². The molecule has 1 fully saturated rings. The van der Waals surface area contributed by atoms with Gasteiger partial charge in [-0.1, -0.05) is 0 Å². The zero-order valence-corrected chi connectivity index (χ0v) is 10.3. The summed E-state index contributed by atoms with van der Waals surface area (Å²) in [4.78, 5) is 39.9. The zero-order valence-electron chi connectivity index (χ0n) is 10.3. The standard InChI is InChI=1S/C12H13N3O4/c1-7-8(3-2-4-13-7)11(17)15-6-10(16)14-5-9(15)12(18)19/h2-4,9H,5-6H2,1H3,(H,14,16)(H,18,19). The fraction of sp³-hybridized carbons (Fsp3) is 0.333. The number of aliphatic carboxylic acids is 1. The van der Waals surface area contributed by atoms with Crippen LogP contribution >= 0.6 is 0 Å². The Bertz CT molecular complexity index is 544. The van der Waals surface area contributed by atoms with E-state index in [1.54, 1.807) is 25.3 Å². The number of aryl methyl sites for hydroxylation is 1. The molecule has 1 aliphatic heterocycles. The number of pyridine rings is 1. The molecule has 0 spiro atoms.